The molecule has 0 aromatic rings. The van der Waals surface area contributed by atoms with E-state index in [2.05, 4.69) is 17.9 Å². The molecular formula is C7H10O5. The van der Waals surface area contributed by atoms with E-state index in [-0.39, 0.29) is 0 Å². The molecule has 12 heavy (non-hydrogen) atoms. The number of aliphatic hydroxyl groups is 1. The average molecular weight is 174 g/mol. The maximum absolute atomic E-state index is 9.91. The molecule has 68 valence electrons. The SMILES string of the molecule is C=CC(=O)O.C=CC(=O)OCO. The third kappa shape index (κ3) is 15.8. The highest BCUT2D eigenvalue weighted by molar-refractivity contribution is 5.81. The summed E-state index contributed by atoms with van der Waals surface area (Å²) in [5.74, 6) is -1.59. The van der Waals surface area contributed by atoms with Gasteiger partial charge in [-0.1, -0.05) is 13.2 Å². The summed E-state index contributed by atoms with van der Waals surface area (Å²) in [5, 5.41) is 15.5. The largest absolute Gasteiger partial charge is 0.478 e. The second kappa shape index (κ2) is 9.38. The van der Waals surface area contributed by atoms with Gasteiger partial charge in [0.2, 0.25) is 0 Å². The molecule has 0 saturated carbocycles. The van der Waals surface area contributed by atoms with Gasteiger partial charge in [0, 0.05) is 12.2 Å². The van der Waals surface area contributed by atoms with Crippen molar-refractivity contribution in [2.75, 3.05) is 6.79 Å². The maximum Gasteiger partial charge on any atom is 0.332 e. The van der Waals surface area contributed by atoms with Crippen molar-refractivity contribution in [2.24, 2.45) is 0 Å². The zero-order valence-corrected chi connectivity index (χ0v) is 6.40. The van der Waals surface area contributed by atoms with E-state index in [0.717, 1.165) is 12.2 Å². The first-order chi connectivity index (χ1) is 5.58. The van der Waals surface area contributed by atoms with Crippen LogP contribution >= 0.6 is 0 Å². The molecule has 0 aliphatic carbocycles. The Hall–Kier alpha value is -1.62. The van der Waals surface area contributed by atoms with Gasteiger partial charge in [0.15, 0.2) is 6.79 Å². The normalized spacial score (nSPS) is 7.08. The third-order valence-corrected chi connectivity index (χ3v) is 0.548. The Morgan fingerprint density at radius 1 is 1.33 bits per heavy atom. The van der Waals surface area contributed by atoms with E-state index >= 15 is 0 Å². The summed E-state index contributed by atoms with van der Waals surface area (Å²) in [4.78, 5) is 19.2. The molecule has 0 saturated heterocycles. The third-order valence-electron chi connectivity index (χ3n) is 0.548. The van der Waals surface area contributed by atoms with Crippen LogP contribution in [0.3, 0.4) is 0 Å². The summed E-state index contributed by atoms with van der Waals surface area (Å²) in [6, 6.07) is 0. The monoisotopic (exact) mass is 174 g/mol. The lowest BCUT2D eigenvalue weighted by atomic mass is 10.7. The minimum Gasteiger partial charge on any atom is -0.478 e. The Labute approximate surface area is 69.6 Å². The molecule has 0 amide bonds. The molecular weight excluding hydrogens is 164 g/mol. The van der Waals surface area contributed by atoms with Gasteiger partial charge < -0.3 is 14.9 Å². The van der Waals surface area contributed by atoms with Gasteiger partial charge in [0.1, 0.15) is 0 Å². The zero-order chi connectivity index (χ0) is 9.98. The van der Waals surface area contributed by atoms with Gasteiger partial charge >= 0.3 is 11.9 Å². The number of aliphatic carboxylic acids is 1. The molecule has 0 heterocycles. The van der Waals surface area contributed by atoms with E-state index in [1.807, 2.05) is 0 Å². The molecule has 0 aromatic carbocycles. The summed E-state index contributed by atoms with van der Waals surface area (Å²) in [6.45, 7) is 5.48. The average Bonchev–Trinajstić information content (AvgIpc) is 2.06. The van der Waals surface area contributed by atoms with Crippen LogP contribution in [-0.2, 0) is 14.3 Å². The smallest absolute Gasteiger partial charge is 0.332 e. The van der Waals surface area contributed by atoms with Crippen LogP contribution in [0.1, 0.15) is 0 Å². The number of hydrogen-bond donors (Lipinski definition) is 2. The summed E-state index contributed by atoms with van der Waals surface area (Å²) in [6.07, 6.45) is 1.82. The summed E-state index contributed by atoms with van der Waals surface area (Å²) < 4.78 is 3.99. The number of carboxylic acids is 1. The van der Waals surface area contributed by atoms with Crippen LogP contribution in [0.4, 0.5) is 0 Å². The lowest BCUT2D eigenvalue weighted by molar-refractivity contribution is -0.145. The van der Waals surface area contributed by atoms with Crippen LogP contribution in [0.25, 0.3) is 0 Å². The van der Waals surface area contributed by atoms with E-state index in [1.54, 1.807) is 0 Å². The fourth-order valence-corrected chi connectivity index (χ4v) is 0.123. The fourth-order valence-electron chi connectivity index (χ4n) is 0.123. The van der Waals surface area contributed by atoms with Crippen LogP contribution in [0, 0.1) is 0 Å². The van der Waals surface area contributed by atoms with E-state index in [4.69, 9.17) is 10.2 Å². The first-order valence-electron chi connectivity index (χ1n) is 2.83. The standard InChI is InChI=1S/C4H6O3.C3H4O2/c1-2-4(6)7-3-5;1-2-3(4)5/h2,5H,1,3H2;2H,1H2,(H,4,5). The molecule has 0 fully saturated rings. The molecule has 0 aliphatic heterocycles. The van der Waals surface area contributed by atoms with Crippen molar-refractivity contribution in [1.82, 2.24) is 0 Å². The Morgan fingerprint density at radius 2 is 1.75 bits per heavy atom. The van der Waals surface area contributed by atoms with Gasteiger partial charge in [0.05, 0.1) is 0 Å². The Bertz CT molecular complexity index is 173. The second-order valence-corrected chi connectivity index (χ2v) is 1.34. The highest BCUT2D eigenvalue weighted by atomic mass is 16.6. The lowest BCUT2D eigenvalue weighted by Crippen LogP contribution is -1.99. The summed E-state index contributed by atoms with van der Waals surface area (Å²) >= 11 is 0. The van der Waals surface area contributed by atoms with Gasteiger partial charge in [-0.15, -0.1) is 0 Å². The minimum absolute atomic E-state index is 0.579. The van der Waals surface area contributed by atoms with Crippen molar-refractivity contribution in [1.29, 1.82) is 0 Å². The maximum atomic E-state index is 9.91. The number of ether oxygens (including phenoxy) is 1. The van der Waals surface area contributed by atoms with E-state index < -0.39 is 18.7 Å². The minimum atomic E-state index is -0.981. The van der Waals surface area contributed by atoms with Gasteiger partial charge in [-0.05, 0) is 0 Å². The molecule has 5 nitrogen and oxygen atoms in total. The molecule has 0 unspecified atom stereocenters. The van der Waals surface area contributed by atoms with E-state index in [9.17, 15) is 9.59 Å². The number of rotatable bonds is 3. The van der Waals surface area contributed by atoms with Crippen molar-refractivity contribution in [2.45, 2.75) is 0 Å². The first-order valence-corrected chi connectivity index (χ1v) is 2.83. The molecule has 0 bridgehead atoms. The van der Waals surface area contributed by atoms with Crippen molar-refractivity contribution < 1.29 is 24.5 Å². The Kier molecular flexibility index (Phi) is 10.2. The molecule has 2 N–H and O–H groups in total. The van der Waals surface area contributed by atoms with Crippen LogP contribution < -0.4 is 0 Å². The predicted molar refractivity (Wildman–Crippen MR) is 41.2 cm³/mol. The highest BCUT2D eigenvalue weighted by Gasteiger charge is 1.87. The van der Waals surface area contributed by atoms with Crippen LogP contribution in [0.2, 0.25) is 0 Å². The van der Waals surface area contributed by atoms with Crippen molar-refractivity contribution in [3.63, 3.8) is 0 Å². The van der Waals surface area contributed by atoms with Crippen LogP contribution in [0.15, 0.2) is 25.3 Å². The summed E-state index contributed by atoms with van der Waals surface area (Å²) in [5.41, 5.74) is 0. The fraction of sp³-hybridized carbons (Fsp3) is 0.143. The number of esters is 1. The molecule has 5 heteroatoms. The molecule has 0 aromatic heterocycles. The van der Waals surface area contributed by atoms with Crippen LogP contribution in [0.5, 0.6) is 0 Å². The second-order valence-electron chi connectivity index (χ2n) is 1.34. The lowest BCUT2D eigenvalue weighted by Gasteiger charge is -1.89. The van der Waals surface area contributed by atoms with Gasteiger partial charge in [-0.2, -0.15) is 0 Å². The quantitative estimate of drug-likeness (QED) is 0.355. The van der Waals surface area contributed by atoms with Gasteiger partial charge in [0.25, 0.3) is 0 Å². The number of carbonyl (C=O) groups is 2. The topological polar surface area (TPSA) is 83.8 Å². The number of carbonyl (C=O) groups excluding carboxylic acids is 1. The molecule has 0 rings (SSSR count). The Balaban J connectivity index is 0. The Morgan fingerprint density at radius 3 is 1.83 bits per heavy atom. The van der Waals surface area contributed by atoms with Crippen molar-refractivity contribution in [3.8, 4) is 0 Å². The number of hydrogen-bond acceptors (Lipinski definition) is 4. The highest BCUT2D eigenvalue weighted by Crippen LogP contribution is 1.72. The number of carboxylic acid groups (broad SMARTS) is 1. The summed E-state index contributed by atoms with van der Waals surface area (Å²) in [7, 11) is 0. The van der Waals surface area contributed by atoms with Crippen LogP contribution in [-0.4, -0.2) is 28.9 Å². The zero-order valence-electron chi connectivity index (χ0n) is 6.40. The molecule has 0 spiro atoms. The van der Waals surface area contributed by atoms with Crippen molar-refractivity contribution >= 4 is 11.9 Å². The molecule has 0 atom stereocenters. The van der Waals surface area contributed by atoms with Gasteiger partial charge in [-0.25, -0.2) is 9.59 Å². The predicted octanol–water partition coefficient (Wildman–Crippen LogP) is -0.0776. The number of aliphatic hydroxyl groups excluding tert-OH is 1. The van der Waals surface area contributed by atoms with E-state index in [1.165, 1.54) is 0 Å². The molecule has 0 aliphatic rings. The first kappa shape index (κ1) is 13.0. The van der Waals surface area contributed by atoms with E-state index in [0.29, 0.717) is 0 Å². The molecule has 0 radical (unpaired) electrons. The van der Waals surface area contributed by atoms with Gasteiger partial charge in [-0.3, -0.25) is 0 Å². The van der Waals surface area contributed by atoms with Crippen molar-refractivity contribution in [3.05, 3.63) is 25.3 Å².